The van der Waals surface area contributed by atoms with E-state index in [4.69, 9.17) is 0 Å². The molecule has 0 heterocycles. The van der Waals surface area contributed by atoms with Crippen LogP contribution in [-0.4, -0.2) is 29.4 Å². The SMILES string of the molecule is CC(C)[C@](C)(C#N)NC(=O)[C@@H](C)N(C)Cc1ccccc1. The van der Waals surface area contributed by atoms with Crippen molar-refractivity contribution in [3.63, 3.8) is 0 Å². The Morgan fingerprint density at radius 1 is 1.33 bits per heavy atom. The fraction of sp³-hybridized carbons (Fsp3) is 0.529. The Morgan fingerprint density at radius 3 is 2.38 bits per heavy atom. The van der Waals surface area contributed by atoms with Crippen molar-refractivity contribution in [2.45, 2.75) is 45.8 Å². The second-order valence-electron chi connectivity index (χ2n) is 6.03. The normalized spacial score (nSPS) is 15.3. The average molecular weight is 287 g/mol. The van der Waals surface area contributed by atoms with Crippen molar-refractivity contribution in [2.75, 3.05) is 7.05 Å². The van der Waals surface area contributed by atoms with Crippen molar-refractivity contribution in [1.82, 2.24) is 10.2 Å². The van der Waals surface area contributed by atoms with Gasteiger partial charge in [0.25, 0.3) is 0 Å². The number of benzene rings is 1. The van der Waals surface area contributed by atoms with Gasteiger partial charge in [-0.25, -0.2) is 0 Å². The maximum Gasteiger partial charge on any atom is 0.238 e. The predicted molar refractivity (Wildman–Crippen MR) is 84.4 cm³/mol. The lowest BCUT2D eigenvalue weighted by molar-refractivity contribution is -0.127. The summed E-state index contributed by atoms with van der Waals surface area (Å²) in [6, 6.07) is 11.9. The molecule has 0 spiro atoms. The van der Waals surface area contributed by atoms with Crippen LogP contribution in [0.2, 0.25) is 0 Å². The molecule has 0 aromatic heterocycles. The van der Waals surface area contributed by atoms with Gasteiger partial charge in [0, 0.05) is 6.54 Å². The van der Waals surface area contributed by atoms with E-state index in [1.807, 2.05) is 63.1 Å². The molecule has 1 aromatic rings. The molecule has 0 aliphatic carbocycles. The van der Waals surface area contributed by atoms with E-state index in [1.165, 1.54) is 0 Å². The number of carbonyl (C=O) groups is 1. The molecule has 1 aromatic carbocycles. The van der Waals surface area contributed by atoms with Crippen LogP contribution in [0.5, 0.6) is 0 Å². The number of nitrogens with one attached hydrogen (secondary N) is 1. The first-order valence-corrected chi connectivity index (χ1v) is 7.27. The van der Waals surface area contributed by atoms with Crippen molar-refractivity contribution < 1.29 is 4.79 Å². The third-order valence-electron chi connectivity index (χ3n) is 4.09. The van der Waals surface area contributed by atoms with Crippen molar-refractivity contribution in [2.24, 2.45) is 5.92 Å². The number of rotatable bonds is 6. The van der Waals surface area contributed by atoms with Crippen LogP contribution in [0.4, 0.5) is 0 Å². The van der Waals surface area contributed by atoms with E-state index in [-0.39, 0.29) is 17.9 Å². The van der Waals surface area contributed by atoms with Crippen molar-refractivity contribution >= 4 is 5.91 Å². The van der Waals surface area contributed by atoms with Gasteiger partial charge in [0.2, 0.25) is 5.91 Å². The van der Waals surface area contributed by atoms with Crippen LogP contribution in [0.25, 0.3) is 0 Å². The molecule has 21 heavy (non-hydrogen) atoms. The molecule has 1 rings (SSSR count). The van der Waals surface area contributed by atoms with Crippen LogP contribution in [0, 0.1) is 17.2 Å². The molecule has 0 radical (unpaired) electrons. The summed E-state index contributed by atoms with van der Waals surface area (Å²) in [4.78, 5) is 14.3. The summed E-state index contributed by atoms with van der Waals surface area (Å²) < 4.78 is 0. The number of carbonyl (C=O) groups excluding carboxylic acids is 1. The van der Waals surface area contributed by atoms with Gasteiger partial charge < -0.3 is 5.32 Å². The first-order valence-electron chi connectivity index (χ1n) is 7.27. The van der Waals surface area contributed by atoms with Gasteiger partial charge in [-0.1, -0.05) is 44.2 Å². The highest BCUT2D eigenvalue weighted by atomic mass is 16.2. The molecule has 0 aliphatic heterocycles. The van der Waals surface area contributed by atoms with Gasteiger partial charge in [0.05, 0.1) is 12.1 Å². The molecular formula is C17H25N3O. The third kappa shape index (κ3) is 4.57. The van der Waals surface area contributed by atoms with Gasteiger partial charge >= 0.3 is 0 Å². The summed E-state index contributed by atoms with van der Waals surface area (Å²) in [5, 5.41) is 12.1. The molecule has 0 saturated heterocycles. The fourth-order valence-corrected chi connectivity index (χ4v) is 1.87. The molecular weight excluding hydrogens is 262 g/mol. The van der Waals surface area contributed by atoms with Crippen LogP contribution in [0.1, 0.15) is 33.3 Å². The Labute approximate surface area is 127 Å². The molecule has 2 atom stereocenters. The number of nitrogens with zero attached hydrogens (tertiary/aromatic N) is 2. The quantitative estimate of drug-likeness (QED) is 0.875. The molecule has 114 valence electrons. The fourth-order valence-electron chi connectivity index (χ4n) is 1.87. The largest absolute Gasteiger partial charge is 0.336 e. The Kier molecular flexibility index (Phi) is 5.92. The van der Waals surface area contributed by atoms with Crippen molar-refractivity contribution in [1.29, 1.82) is 5.26 Å². The van der Waals surface area contributed by atoms with E-state index in [2.05, 4.69) is 11.4 Å². The zero-order chi connectivity index (χ0) is 16.0. The second-order valence-corrected chi connectivity index (χ2v) is 6.03. The minimum absolute atomic E-state index is 0.0538. The lowest BCUT2D eigenvalue weighted by Crippen LogP contribution is -2.54. The number of likely N-dealkylation sites (N-methyl/N-ethyl adjacent to an activating group) is 1. The van der Waals surface area contributed by atoms with Gasteiger partial charge in [-0.2, -0.15) is 5.26 Å². The summed E-state index contributed by atoms with van der Waals surface area (Å²) in [5.74, 6) is -0.0655. The summed E-state index contributed by atoms with van der Waals surface area (Å²) >= 11 is 0. The van der Waals surface area contributed by atoms with Crippen LogP contribution < -0.4 is 5.32 Å². The first kappa shape index (κ1) is 17.2. The Hall–Kier alpha value is -1.86. The molecule has 4 nitrogen and oxygen atoms in total. The molecule has 0 saturated carbocycles. The molecule has 1 N–H and O–H groups in total. The monoisotopic (exact) mass is 287 g/mol. The second kappa shape index (κ2) is 7.24. The van der Waals surface area contributed by atoms with E-state index in [1.54, 1.807) is 6.92 Å². The molecule has 0 bridgehead atoms. The minimum atomic E-state index is -0.834. The van der Waals surface area contributed by atoms with E-state index in [0.29, 0.717) is 6.54 Å². The van der Waals surface area contributed by atoms with Gasteiger partial charge in [-0.3, -0.25) is 9.69 Å². The zero-order valence-electron chi connectivity index (χ0n) is 13.6. The lowest BCUT2D eigenvalue weighted by Gasteiger charge is -2.31. The Balaban J connectivity index is 2.68. The summed E-state index contributed by atoms with van der Waals surface area (Å²) in [6.45, 7) is 8.18. The van der Waals surface area contributed by atoms with E-state index in [9.17, 15) is 10.1 Å². The zero-order valence-corrected chi connectivity index (χ0v) is 13.6. The average Bonchev–Trinajstić information content (AvgIpc) is 2.46. The summed E-state index contributed by atoms with van der Waals surface area (Å²) in [7, 11) is 1.91. The number of hydrogen-bond donors (Lipinski definition) is 1. The Morgan fingerprint density at radius 2 is 1.90 bits per heavy atom. The van der Waals surface area contributed by atoms with Gasteiger partial charge in [-0.05, 0) is 32.4 Å². The summed E-state index contributed by atoms with van der Waals surface area (Å²) in [5.41, 5.74) is 0.324. The molecule has 0 aliphatic rings. The highest BCUT2D eigenvalue weighted by Gasteiger charge is 2.32. The molecule has 0 fully saturated rings. The van der Waals surface area contributed by atoms with E-state index < -0.39 is 5.54 Å². The standard InChI is InChI=1S/C17H25N3O/c1-13(2)17(4,12-18)19-16(21)14(3)20(5)11-15-9-7-6-8-10-15/h6-10,13-14H,11H2,1-5H3,(H,19,21)/t14-,17+/m1/s1. The number of hydrogen-bond acceptors (Lipinski definition) is 3. The van der Waals surface area contributed by atoms with E-state index >= 15 is 0 Å². The van der Waals surface area contributed by atoms with Gasteiger partial charge in [0.15, 0.2) is 0 Å². The first-order chi connectivity index (χ1) is 9.80. The smallest absolute Gasteiger partial charge is 0.238 e. The van der Waals surface area contributed by atoms with Crippen LogP contribution in [-0.2, 0) is 11.3 Å². The van der Waals surface area contributed by atoms with Crippen LogP contribution in [0.3, 0.4) is 0 Å². The highest BCUT2D eigenvalue weighted by molar-refractivity contribution is 5.82. The maximum absolute atomic E-state index is 12.3. The maximum atomic E-state index is 12.3. The van der Waals surface area contributed by atoms with Crippen LogP contribution in [0.15, 0.2) is 30.3 Å². The number of nitriles is 1. The van der Waals surface area contributed by atoms with Crippen LogP contribution >= 0.6 is 0 Å². The van der Waals surface area contributed by atoms with Gasteiger partial charge in [-0.15, -0.1) is 0 Å². The molecule has 0 unspecified atom stereocenters. The predicted octanol–water partition coefficient (Wildman–Crippen LogP) is 2.56. The molecule has 1 amide bonds. The minimum Gasteiger partial charge on any atom is -0.336 e. The number of amides is 1. The summed E-state index contributed by atoms with van der Waals surface area (Å²) in [6.07, 6.45) is 0. The Bertz CT molecular complexity index is 507. The highest BCUT2D eigenvalue weighted by Crippen LogP contribution is 2.16. The molecule has 4 heteroatoms. The topological polar surface area (TPSA) is 56.1 Å². The van der Waals surface area contributed by atoms with Crippen molar-refractivity contribution in [3.05, 3.63) is 35.9 Å². The van der Waals surface area contributed by atoms with E-state index in [0.717, 1.165) is 5.56 Å². The van der Waals surface area contributed by atoms with Crippen molar-refractivity contribution in [3.8, 4) is 6.07 Å². The third-order valence-corrected chi connectivity index (χ3v) is 4.09. The van der Waals surface area contributed by atoms with Gasteiger partial charge in [0.1, 0.15) is 5.54 Å². The lowest BCUT2D eigenvalue weighted by atomic mass is 9.90.